The van der Waals surface area contributed by atoms with E-state index in [-0.39, 0.29) is 16.8 Å². The number of aromatic nitrogens is 1. The van der Waals surface area contributed by atoms with E-state index in [0.29, 0.717) is 5.82 Å². The Morgan fingerprint density at radius 2 is 2.33 bits per heavy atom. The Hall–Kier alpha value is -2.16. The molecule has 0 aromatic carbocycles. The van der Waals surface area contributed by atoms with Crippen LogP contribution in [0.1, 0.15) is 31.9 Å². The largest absolute Gasteiger partial charge is 0.369 e. The average molecular weight is 246 g/mol. The first kappa shape index (κ1) is 12.3. The van der Waals surface area contributed by atoms with E-state index in [0.717, 1.165) is 6.54 Å². The zero-order valence-corrected chi connectivity index (χ0v) is 10.1. The predicted molar refractivity (Wildman–Crippen MR) is 66.1 cm³/mol. The topological polar surface area (TPSA) is 91.9 Å². The lowest BCUT2D eigenvalue weighted by Gasteiger charge is -2.38. The molecule has 6 heteroatoms. The monoisotopic (exact) mass is 246 g/mol. The van der Waals surface area contributed by atoms with Crippen LogP contribution in [0.15, 0.2) is 12.1 Å². The van der Waals surface area contributed by atoms with Crippen molar-refractivity contribution in [1.29, 1.82) is 5.26 Å². The molecular formula is C12H14N4O2. The predicted octanol–water partition coefficient (Wildman–Crippen LogP) is 2.46. The molecule has 0 bridgehead atoms. The van der Waals surface area contributed by atoms with Crippen molar-refractivity contribution in [3.05, 3.63) is 27.9 Å². The summed E-state index contributed by atoms with van der Waals surface area (Å²) in [6.45, 7) is 2.97. The number of hydrogen-bond donors (Lipinski definition) is 1. The van der Waals surface area contributed by atoms with E-state index in [4.69, 9.17) is 5.26 Å². The van der Waals surface area contributed by atoms with Crippen LogP contribution in [0.2, 0.25) is 0 Å². The van der Waals surface area contributed by atoms with Gasteiger partial charge in [0.25, 0.3) is 0 Å². The summed E-state index contributed by atoms with van der Waals surface area (Å²) < 4.78 is 0. The van der Waals surface area contributed by atoms with Gasteiger partial charge in [-0.3, -0.25) is 10.1 Å². The Morgan fingerprint density at radius 3 is 2.83 bits per heavy atom. The minimum atomic E-state index is -0.595. The van der Waals surface area contributed by atoms with Crippen LogP contribution in [-0.4, -0.2) is 16.5 Å². The molecule has 1 aliphatic carbocycles. The lowest BCUT2D eigenvalue weighted by molar-refractivity contribution is -0.385. The van der Waals surface area contributed by atoms with Gasteiger partial charge in [0.05, 0.1) is 4.92 Å². The average Bonchev–Trinajstić information content (AvgIpc) is 2.33. The Kier molecular flexibility index (Phi) is 3.15. The third-order valence-corrected chi connectivity index (χ3v) is 3.43. The van der Waals surface area contributed by atoms with Gasteiger partial charge >= 0.3 is 5.69 Å². The Morgan fingerprint density at radius 1 is 1.61 bits per heavy atom. The summed E-state index contributed by atoms with van der Waals surface area (Å²) in [5.74, 6) is 0.519. The molecule has 0 spiro atoms. The highest BCUT2D eigenvalue weighted by Gasteiger charge is 2.31. The second-order valence-corrected chi connectivity index (χ2v) is 4.95. The van der Waals surface area contributed by atoms with E-state index >= 15 is 0 Å². The van der Waals surface area contributed by atoms with Crippen LogP contribution in [0.5, 0.6) is 0 Å². The summed E-state index contributed by atoms with van der Waals surface area (Å²) >= 11 is 0. The van der Waals surface area contributed by atoms with E-state index in [2.05, 4.69) is 17.2 Å². The van der Waals surface area contributed by atoms with Crippen LogP contribution < -0.4 is 5.32 Å². The molecule has 0 amide bonds. The number of anilines is 1. The van der Waals surface area contributed by atoms with Gasteiger partial charge in [0.1, 0.15) is 11.9 Å². The van der Waals surface area contributed by atoms with Gasteiger partial charge in [-0.15, -0.1) is 0 Å². The molecule has 1 fully saturated rings. The fourth-order valence-corrected chi connectivity index (χ4v) is 2.04. The Balaban J connectivity index is 2.10. The van der Waals surface area contributed by atoms with Gasteiger partial charge in [-0.2, -0.15) is 5.26 Å². The van der Waals surface area contributed by atoms with Gasteiger partial charge < -0.3 is 5.32 Å². The van der Waals surface area contributed by atoms with Gasteiger partial charge in [-0.05, 0) is 24.3 Å². The smallest absolute Gasteiger partial charge is 0.305 e. The molecule has 2 rings (SSSR count). The van der Waals surface area contributed by atoms with Crippen LogP contribution in [0.25, 0.3) is 0 Å². The van der Waals surface area contributed by atoms with Crippen molar-refractivity contribution in [2.75, 3.05) is 11.9 Å². The number of nitrogens with zero attached hydrogens (tertiary/aromatic N) is 3. The lowest BCUT2D eigenvalue weighted by atomic mass is 9.70. The fourth-order valence-electron chi connectivity index (χ4n) is 2.04. The van der Waals surface area contributed by atoms with E-state index < -0.39 is 4.92 Å². The third-order valence-electron chi connectivity index (χ3n) is 3.43. The van der Waals surface area contributed by atoms with Crippen molar-refractivity contribution < 1.29 is 4.92 Å². The maximum absolute atomic E-state index is 10.7. The molecule has 0 radical (unpaired) electrons. The van der Waals surface area contributed by atoms with Gasteiger partial charge in [-0.1, -0.05) is 13.3 Å². The highest BCUT2D eigenvalue weighted by Crippen LogP contribution is 2.40. The standard InChI is InChI=1S/C12H14N4O2/c1-12(5-2-6-12)8-14-11-4-3-10(16(17)18)9(7-13)15-11/h3-4H,2,5-6,8H2,1H3,(H,14,15). The molecular weight excluding hydrogens is 232 g/mol. The fraction of sp³-hybridized carbons (Fsp3) is 0.500. The third kappa shape index (κ3) is 2.40. The number of nitriles is 1. The van der Waals surface area contributed by atoms with Crippen LogP contribution >= 0.6 is 0 Å². The number of nitro groups is 1. The molecule has 1 saturated carbocycles. The van der Waals surface area contributed by atoms with Crippen molar-refractivity contribution in [3.63, 3.8) is 0 Å². The molecule has 1 aromatic rings. The summed E-state index contributed by atoms with van der Waals surface area (Å²) in [6.07, 6.45) is 3.60. The molecule has 1 N–H and O–H groups in total. The summed E-state index contributed by atoms with van der Waals surface area (Å²) in [7, 11) is 0. The summed E-state index contributed by atoms with van der Waals surface area (Å²) in [5.41, 5.74) is -0.113. The van der Waals surface area contributed by atoms with E-state index in [1.165, 1.54) is 25.3 Å². The number of nitrogens with one attached hydrogen (secondary N) is 1. The molecule has 0 saturated heterocycles. The second-order valence-electron chi connectivity index (χ2n) is 4.95. The molecule has 0 aliphatic heterocycles. The van der Waals surface area contributed by atoms with Crippen LogP contribution in [-0.2, 0) is 0 Å². The molecule has 1 aromatic heterocycles. The van der Waals surface area contributed by atoms with Gasteiger partial charge in [0.2, 0.25) is 5.69 Å². The zero-order chi connectivity index (χ0) is 13.2. The Labute approximate surface area is 105 Å². The first-order chi connectivity index (χ1) is 8.54. The Bertz CT molecular complexity index is 517. The van der Waals surface area contributed by atoms with Crippen molar-refractivity contribution in [2.45, 2.75) is 26.2 Å². The summed E-state index contributed by atoms with van der Waals surface area (Å²) in [5, 5.41) is 22.6. The normalized spacial score (nSPS) is 16.4. The number of pyridine rings is 1. The molecule has 1 heterocycles. The number of hydrogen-bond acceptors (Lipinski definition) is 5. The molecule has 6 nitrogen and oxygen atoms in total. The zero-order valence-electron chi connectivity index (χ0n) is 10.1. The van der Waals surface area contributed by atoms with Crippen LogP contribution in [0.4, 0.5) is 11.5 Å². The van der Waals surface area contributed by atoms with Crippen molar-refractivity contribution in [1.82, 2.24) is 4.98 Å². The van der Waals surface area contributed by atoms with Crippen LogP contribution in [0, 0.1) is 26.9 Å². The number of rotatable bonds is 4. The molecule has 0 atom stereocenters. The highest BCUT2D eigenvalue weighted by atomic mass is 16.6. The van der Waals surface area contributed by atoms with Gasteiger partial charge in [-0.25, -0.2) is 4.98 Å². The minimum Gasteiger partial charge on any atom is -0.369 e. The van der Waals surface area contributed by atoms with Gasteiger partial charge in [0, 0.05) is 12.6 Å². The van der Waals surface area contributed by atoms with E-state index in [1.807, 2.05) is 0 Å². The van der Waals surface area contributed by atoms with Crippen molar-refractivity contribution >= 4 is 11.5 Å². The summed E-state index contributed by atoms with van der Waals surface area (Å²) in [4.78, 5) is 14.0. The molecule has 18 heavy (non-hydrogen) atoms. The highest BCUT2D eigenvalue weighted by molar-refractivity contribution is 5.50. The maximum atomic E-state index is 10.7. The first-order valence-corrected chi connectivity index (χ1v) is 5.83. The SMILES string of the molecule is CC1(CNc2ccc([N+](=O)[O-])c(C#N)n2)CCC1. The summed E-state index contributed by atoms with van der Waals surface area (Å²) in [6, 6.07) is 4.61. The quantitative estimate of drug-likeness (QED) is 0.650. The van der Waals surface area contributed by atoms with Crippen molar-refractivity contribution in [2.24, 2.45) is 5.41 Å². The maximum Gasteiger partial charge on any atom is 0.305 e. The van der Waals surface area contributed by atoms with E-state index in [9.17, 15) is 10.1 Å². The molecule has 0 unspecified atom stereocenters. The molecule has 94 valence electrons. The second kappa shape index (κ2) is 4.61. The van der Waals surface area contributed by atoms with Crippen molar-refractivity contribution in [3.8, 4) is 6.07 Å². The van der Waals surface area contributed by atoms with E-state index in [1.54, 1.807) is 12.1 Å². The first-order valence-electron chi connectivity index (χ1n) is 5.83. The van der Waals surface area contributed by atoms with Crippen LogP contribution in [0.3, 0.4) is 0 Å². The van der Waals surface area contributed by atoms with Gasteiger partial charge in [0.15, 0.2) is 0 Å². The minimum absolute atomic E-state index is 0.149. The molecule has 1 aliphatic rings. The lowest BCUT2D eigenvalue weighted by Crippen LogP contribution is -2.33.